The van der Waals surface area contributed by atoms with Gasteiger partial charge in [-0.25, -0.2) is 5.43 Å². The molecule has 0 atom stereocenters. The lowest BCUT2D eigenvalue weighted by Gasteiger charge is -2.06. The minimum Gasteiger partial charge on any atom is -0.483 e. The molecule has 0 unspecified atom stereocenters. The second kappa shape index (κ2) is 6.54. The van der Waals surface area contributed by atoms with Gasteiger partial charge in [-0.15, -0.1) is 0 Å². The number of amides is 1. The van der Waals surface area contributed by atoms with Crippen molar-refractivity contribution in [3.8, 4) is 5.75 Å². The summed E-state index contributed by atoms with van der Waals surface area (Å²) in [7, 11) is 0. The highest BCUT2D eigenvalue weighted by molar-refractivity contribution is 9.10. The topological polar surface area (TPSA) is 50.7 Å². The lowest BCUT2D eigenvalue weighted by molar-refractivity contribution is -0.123. The van der Waals surface area contributed by atoms with Crippen molar-refractivity contribution < 1.29 is 9.53 Å². The highest BCUT2D eigenvalue weighted by Gasteiger charge is 2.09. The summed E-state index contributed by atoms with van der Waals surface area (Å²) in [4.78, 5) is 11.5. The van der Waals surface area contributed by atoms with Crippen molar-refractivity contribution in [2.75, 3.05) is 6.61 Å². The van der Waals surface area contributed by atoms with Gasteiger partial charge in [0.15, 0.2) is 6.61 Å². The van der Waals surface area contributed by atoms with E-state index in [1.807, 2.05) is 18.2 Å². The minimum absolute atomic E-state index is 0.0284. The van der Waals surface area contributed by atoms with E-state index in [-0.39, 0.29) is 12.5 Å². The number of hydrogen-bond donors (Lipinski definition) is 1. The van der Waals surface area contributed by atoms with Crippen molar-refractivity contribution in [1.82, 2.24) is 5.43 Å². The number of para-hydroxylation sites is 1. The first-order valence-corrected chi connectivity index (χ1v) is 6.76. The fraction of sp³-hybridized carbons (Fsp3) is 0.385. The van der Waals surface area contributed by atoms with Crippen molar-refractivity contribution >= 4 is 27.5 Å². The van der Waals surface area contributed by atoms with E-state index in [1.54, 1.807) is 6.07 Å². The minimum atomic E-state index is -0.231. The maximum absolute atomic E-state index is 11.5. The lowest BCUT2D eigenvalue weighted by atomic mass is 10.3. The Labute approximate surface area is 115 Å². The molecule has 1 saturated carbocycles. The number of carbonyl (C=O) groups is 1. The molecule has 5 heteroatoms. The molecule has 0 heterocycles. The fourth-order valence-electron chi connectivity index (χ4n) is 1.77. The second-order valence-corrected chi connectivity index (χ2v) is 4.99. The van der Waals surface area contributed by atoms with Crippen LogP contribution in [0.25, 0.3) is 0 Å². The number of rotatable bonds is 4. The van der Waals surface area contributed by atoms with E-state index in [0.717, 1.165) is 23.0 Å². The van der Waals surface area contributed by atoms with Crippen LogP contribution in [0.5, 0.6) is 5.75 Å². The van der Waals surface area contributed by atoms with Crippen molar-refractivity contribution in [2.45, 2.75) is 25.7 Å². The molecule has 1 aliphatic rings. The van der Waals surface area contributed by atoms with Gasteiger partial charge in [-0.2, -0.15) is 5.10 Å². The molecule has 1 aromatic rings. The highest BCUT2D eigenvalue weighted by Crippen LogP contribution is 2.23. The van der Waals surface area contributed by atoms with Crippen LogP contribution in [0.2, 0.25) is 0 Å². The Morgan fingerprint density at radius 1 is 1.33 bits per heavy atom. The van der Waals surface area contributed by atoms with Crippen molar-refractivity contribution in [3.63, 3.8) is 0 Å². The normalized spacial score (nSPS) is 14.4. The first kappa shape index (κ1) is 13.1. The molecular weight excluding hydrogens is 296 g/mol. The monoisotopic (exact) mass is 310 g/mol. The number of ether oxygens (including phenoxy) is 1. The number of benzene rings is 1. The molecule has 2 rings (SSSR count). The molecule has 96 valence electrons. The quantitative estimate of drug-likeness (QED) is 0.869. The molecule has 4 nitrogen and oxygen atoms in total. The van der Waals surface area contributed by atoms with Gasteiger partial charge >= 0.3 is 0 Å². The summed E-state index contributed by atoms with van der Waals surface area (Å²) in [5.41, 5.74) is 3.60. The van der Waals surface area contributed by atoms with E-state index in [0.29, 0.717) is 5.75 Å². The number of nitrogens with zero attached hydrogens (tertiary/aromatic N) is 1. The molecular formula is C13H15BrN2O2. The Morgan fingerprint density at radius 2 is 2.06 bits per heavy atom. The molecule has 0 radical (unpaired) electrons. The summed E-state index contributed by atoms with van der Waals surface area (Å²) in [6.45, 7) is -0.0284. The van der Waals surface area contributed by atoms with E-state index >= 15 is 0 Å². The van der Waals surface area contributed by atoms with E-state index in [9.17, 15) is 4.79 Å². The molecule has 1 aliphatic carbocycles. The molecule has 0 saturated heterocycles. The lowest BCUT2D eigenvalue weighted by Crippen LogP contribution is -2.25. The number of carbonyl (C=O) groups excluding carboxylic acids is 1. The standard InChI is InChI=1S/C13H15BrN2O2/c14-11-7-3-4-8-12(11)18-9-13(17)16-15-10-5-1-2-6-10/h3-4,7-8H,1-2,5-6,9H2,(H,16,17). The Bertz CT molecular complexity index is 452. The summed E-state index contributed by atoms with van der Waals surface area (Å²) in [5, 5.41) is 4.08. The van der Waals surface area contributed by atoms with Gasteiger partial charge in [0, 0.05) is 5.71 Å². The number of hydrazone groups is 1. The maximum atomic E-state index is 11.5. The van der Waals surface area contributed by atoms with Gasteiger partial charge < -0.3 is 4.74 Å². The molecule has 0 spiro atoms. The van der Waals surface area contributed by atoms with Crippen LogP contribution in [0.15, 0.2) is 33.8 Å². The van der Waals surface area contributed by atoms with Crippen LogP contribution >= 0.6 is 15.9 Å². The van der Waals surface area contributed by atoms with Crippen LogP contribution in [0.1, 0.15) is 25.7 Å². The number of nitrogens with one attached hydrogen (secondary N) is 1. The van der Waals surface area contributed by atoms with Gasteiger partial charge in [-0.3, -0.25) is 4.79 Å². The van der Waals surface area contributed by atoms with E-state index < -0.39 is 0 Å². The van der Waals surface area contributed by atoms with Gasteiger partial charge in [0.25, 0.3) is 5.91 Å². The van der Waals surface area contributed by atoms with E-state index in [2.05, 4.69) is 26.5 Å². The molecule has 1 N–H and O–H groups in total. The van der Waals surface area contributed by atoms with Crippen molar-refractivity contribution in [1.29, 1.82) is 0 Å². The molecule has 0 aromatic heterocycles. The van der Waals surface area contributed by atoms with Gasteiger partial charge in [0.1, 0.15) is 5.75 Å². The van der Waals surface area contributed by atoms with Crippen LogP contribution in [0.4, 0.5) is 0 Å². The Balaban J connectivity index is 1.78. The highest BCUT2D eigenvalue weighted by atomic mass is 79.9. The summed E-state index contributed by atoms with van der Waals surface area (Å²) in [5.74, 6) is 0.423. The smallest absolute Gasteiger partial charge is 0.277 e. The molecule has 0 aliphatic heterocycles. The van der Waals surface area contributed by atoms with Crippen molar-refractivity contribution in [2.24, 2.45) is 5.10 Å². The van der Waals surface area contributed by atoms with Crippen LogP contribution in [-0.2, 0) is 4.79 Å². The number of hydrogen-bond acceptors (Lipinski definition) is 3. The zero-order valence-corrected chi connectivity index (χ0v) is 11.6. The van der Waals surface area contributed by atoms with Gasteiger partial charge in [-0.1, -0.05) is 12.1 Å². The largest absolute Gasteiger partial charge is 0.483 e. The summed E-state index contributed by atoms with van der Waals surface area (Å²) < 4.78 is 6.22. The Morgan fingerprint density at radius 3 is 2.78 bits per heavy atom. The fourth-order valence-corrected chi connectivity index (χ4v) is 2.17. The Kier molecular flexibility index (Phi) is 4.75. The Hall–Kier alpha value is -1.36. The second-order valence-electron chi connectivity index (χ2n) is 4.14. The molecule has 0 bridgehead atoms. The van der Waals surface area contributed by atoms with E-state index in [1.165, 1.54) is 12.8 Å². The zero-order valence-electron chi connectivity index (χ0n) is 9.99. The third-order valence-corrected chi connectivity index (χ3v) is 3.37. The van der Waals surface area contributed by atoms with Gasteiger partial charge in [-0.05, 0) is 53.7 Å². The third-order valence-electron chi connectivity index (χ3n) is 2.71. The molecule has 18 heavy (non-hydrogen) atoms. The first-order chi connectivity index (χ1) is 8.75. The zero-order chi connectivity index (χ0) is 12.8. The van der Waals surface area contributed by atoms with Crippen LogP contribution in [-0.4, -0.2) is 18.2 Å². The summed E-state index contributed by atoms with van der Waals surface area (Å²) >= 11 is 3.36. The average Bonchev–Trinajstić information content (AvgIpc) is 2.88. The molecule has 1 fully saturated rings. The first-order valence-electron chi connectivity index (χ1n) is 5.97. The number of halogens is 1. The summed E-state index contributed by atoms with van der Waals surface area (Å²) in [6.07, 6.45) is 4.32. The average molecular weight is 311 g/mol. The van der Waals surface area contributed by atoms with Gasteiger partial charge in [0.2, 0.25) is 0 Å². The molecule has 1 aromatic carbocycles. The van der Waals surface area contributed by atoms with E-state index in [4.69, 9.17) is 4.74 Å². The third kappa shape index (κ3) is 3.84. The van der Waals surface area contributed by atoms with Crippen molar-refractivity contribution in [3.05, 3.63) is 28.7 Å². The SMILES string of the molecule is O=C(COc1ccccc1Br)NN=C1CCCC1. The predicted molar refractivity (Wildman–Crippen MR) is 73.7 cm³/mol. The van der Waals surface area contributed by atoms with Crippen LogP contribution in [0.3, 0.4) is 0 Å². The van der Waals surface area contributed by atoms with Gasteiger partial charge in [0.05, 0.1) is 4.47 Å². The van der Waals surface area contributed by atoms with Crippen LogP contribution < -0.4 is 10.2 Å². The summed E-state index contributed by atoms with van der Waals surface area (Å²) in [6, 6.07) is 7.42. The molecule has 1 amide bonds. The predicted octanol–water partition coefficient (Wildman–Crippen LogP) is 2.87. The maximum Gasteiger partial charge on any atom is 0.277 e. The van der Waals surface area contributed by atoms with Crippen LogP contribution in [0, 0.1) is 0 Å².